The molecule has 256 valence electrons. The number of ether oxygens (including phenoxy) is 2. The van der Waals surface area contributed by atoms with Crippen LogP contribution in [0, 0.1) is 3.57 Å². The van der Waals surface area contributed by atoms with Gasteiger partial charge in [0.05, 0.1) is 20.8 Å². The Hall–Kier alpha value is -4.54. The third-order valence-electron chi connectivity index (χ3n) is 9.74. The number of nitrogens with zero attached hydrogens (tertiary/aromatic N) is 2. The summed E-state index contributed by atoms with van der Waals surface area (Å²) < 4.78 is 13.1. The van der Waals surface area contributed by atoms with Crippen molar-refractivity contribution in [2.24, 2.45) is 4.99 Å². The van der Waals surface area contributed by atoms with E-state index in [0.29, 0.717) is 34.8 Å². The Morgan fingerprint density at radius 1 is 0.843 bits per heavy atom. The number of carbonyl (C=O) groups excluding carboxylic acids is 1. The highest BCUT2D eigenvalue weighted by molar-refractivity contribution is 14.1. The molecule has 8 heteroatoms. The van der Waals surface area contributed by atoms with Crippen LogP contribution in [0.25, 0.3) is 6.08 Å². The summed E-state index contributed by atoms with van der Waals surface area (Å²) in [6.45, 7) is 4.98. The SMILES string of the molecule is CCOc1cc(/C=C2\SC(=Nc3cc4c5c(c3)[C@H](c3ccccc3)CCN5CC[C@@H]4c3ccccc3)NC2=O)cc(I)c1OCc1ccccc1. The Morgan fingerprint density at radius 2 is 1.45 bits per heavy atom. The molecule has 0 aliphatic carbocycles. The minimum Gasteiger partial charge on any atom is -0.490 e. The first-order valence-electron chi connectivity index (χ1n) is 17.5. The van der Waals surface area contributed by atoms with Crippen molar-refractivity contribution in [2.75, 3.05) is 24.6 Å². The molecule has 1 fully saturated rings. The lowest BCUT2D eigenvalue weighted by Crippen LogP contribution is -2.37. The van der Waals surface area contributed by atoms with Crippen molar-refractivity contribution in [1.29, 1.82) is 0 Å². The molecule has 6 nitrogen and oxygen atoms in total. The summed E-state index contributed by atoms with van der Waals surface area (Å²) in [5, 5.41) is 3.62. The number of hydrogen-bond acceptors (Lipinski definition) is 6. The van der Waals surface area contributed by atoms with E-state index in [2.05, 4.69) is 106 Å². The lowest BCUT2D eigenvalue weighted by molar-refractivity contribution is -0.115. The van der Waals surface area contributed by atoms with Gasteiger partial charge >= 0.3 is 0 Å². The molecule has 0 bridgehead atoms. The molecule has 51 heavy (non-hydrogen) atoms. The molecule has 1 saturated heterocycles. The highest BCUT2D eigenvalue weighted by Crippen LogP contribution is 2.50. The fourth-order valence-electron chi connectivity index (χ4n) is 7.46. The molecular weight excluding hydrogens is 765 g/mol. The Morgan fingerprint density at radius 3 is 2.06 bits per heavy atom. The van der Waals surface area contributed by atoms with Crippen molar-refractivity contribution in [3.63, 3.8) is 0 Å². The molecule has 0 aromatic heterocycles. The minimum atomic E-state index is -0.161. The van der Waals surface area contributed by atoms with Gasteiger partial charge in [0, 0.05) is 30.6 Å². The van der Waals surface area contributed by atoms with Crippen LogP contribution in [0.4, 0.5) is 11.4 Å². The van der Waals surface area contributed by atoms with Crippen molar-refractivity contribution in [3.05, 3.63) is 157 Å². The fourth-order valence-corrected chi connectivity index (χ4v) is 9.08. The van der Waals surface area contributed by atoms with E-state index in [4.69, 9.17) is 14.5 Å². The zero-order valence-corrected chi connectivity index (χ0v) is 31.3. The number of benzene rings is 5. The molecule has 2 atom stereocenters. The van der Waals surface area contributed by atoms with Gasteiger partial charge in [0.2, 0.25) is 0 Å². The van der Waals surface area contributed by atoms with Crippen LogP contribution in [0.2, 0.25) is 0 Å². The van der Waals surface area contributed by atoms with Gasteiger partial charge in [-0.3, -0.25) is 4.79 Å². The summed E-state index contributed by atoms with van der Waals surface area (Å²) in [5.41, 5.74) is 9.48. The van der Waals surface area contributed by atoms with Crippen LogP contribution in [0.5, 0.6) is 11.5 Å². The van der Waals surface area contributed by atoms with Gasteiger partial charge in [0.25, 0.3) is 5.91 Å². The number of amidine groups is 1. The van der Waals surface area contributed by atoms with E-state index in [-0.39, 0.29) is 17.7 Å². The van der Waals surface area contributed by atoms with E-state index in [0.717, 1.165) is 46.3 Å². The van der Waals surface area contributed by atoms with Crippen LogP contribution >= 0.6 is 34.4 Å². The van der Waals surface area contributed by atoms with Gasteiger partial charge in [-0.25, -0.2) is 4.99 Å². The van der Waals surface area contributed by atoms with Crippen LogP contribution in [0.15, 0.2) is 125 Å². The minimum absolute atomic E-state index is 0.161. The number of thioether (sulfide) groups is 1. The predicted molar refractivity (Wildman–Crippen MR) is 216 cm³/mol. The molecule has 3 aliphatic heterocycles. The topological polar surface area (TPSA) is 63.2 Å². The highest BCUT2D eigenvalue weighted by Gasteiger charge is 2.35. The zero-order valence-electron chi connectivity index (χ0n) is 28.3. The van der Waals surface area contributed by atoms with E-state index < -0.39 is 0 Å². The lowest BCUT2D eigenvalue weighted by atomic mass is 9.76. The van der Waals surface area contributed by atoms with Crippen molar-refractivity contribution in [3.8, 4) is 11.5 Å². The third-order valence-corrected chi connectivity index (χ3v) is 11.4. The second-order valence-corrected chi connectivity index (χ2v) is 15.2. The van der Waals surface area contributed by atoms with Gasteiger partial charge in [0.1, 0.15) is 6.61 Å². The lowest BCUT2D eigenvalue weighted by Gasteiger charge is -2.43. The first-order chi connectivity index (χ1) is 25.0. The summed E-state index contributed by atoms with van der Waals surface area (Å²) >= 11 is 3.65. The van der Waals surface area contributed by atoms with Gasteiger partial charge < -0.3 is 19.7 Å². The van der Waals surface area contributed by atoms with Crippen LogP contribution < -0.4 is 19.7 Å². The Balaban J connectivity index is 1.12. The Kier molecular flexibility index (Phi) is 9.87. The van der Waals surface area contributed by atoms with Crippen LogP contribution in [0.1, 0.15) is 65.0 Å². The van der Waals surface area contributed by atoms with Crippen molar-refractivity contribution < 1.29 is 14.3 Å². The van der Waals surface area contributed by atoms with Gasteiger partial charge in [0.15, 0.2) is 16.7 Å². The van der Waals surface area contributed by atoms with Crippen molar-refractivity contribution in [2.45, 2.75) is 38.2 Å². The van der Waals surface area contributed by atoms with E-state index in [1.165, 1.54) is 39.7 Å². The molecule has 0 saturated carbocycles. The average Bonchev–Trinajstić information content (AvgIpc) is 3.50. The van der Waals surface area contributed by atoms with Crippen LogP contribution in [0.3, 0.4) is 0 Å². The monoisotopic (exact) mass is 803 g/mol. The molecule has 0 spiro atoms. The zero-order chi connectivity index (χ0) is 34.7. The maximum Gasteiger partial charge on any atom is 0.264 e. The molecule has 3 aliphatic rings. The number of aliphatic imine (C=N–C) groups is 1. The largest absolute Gasteiger partial charge is 0.490 e. The van der Waals surface area contributed by atoms with E-state index in [9.17, 15) is 4.79 Å². The molecule has 0 unspecified atom stereocenters. The quantitative estimate of drug-likeness (QED) is 0.119. The predicted octanol–water partition coefficient (Wildman–Crippen LogP) is 10.0. The molecule has 5 aromatic carbocycles. The summed E-state index contributed by atoms with van der Waals surface area (Å²) in [7, 11) is 0. The molecule has 3 heterocycles. The third kappa shape index (κ3) is 7.17. The number of hydrogen-bond donors (Lipinski definition) is 1. The highest BCUT2D eigenvalue weighted by atomic mass is 127. The van der Waals surface area contributed by atoms with Crippen molar-refractivity contribution in [1.82, 2.24) is 5.32 Å². The maximum absolute atomic E-state index is 13.3. The van der Waals surface area contributed by atoms with E-state index >= 15 is 0 Å². The average molecular weight is 804 g/mol. The second kappa shape index (κ2) is 15.0. The summed E-state index contributed by atoms with van der Waals surface area (Å²) in [6, 6.07) is 40.2. The summed E-state index contributed by atoms with van der Waals surface area (Å²) in [5.74, 6) is 1.77. The second-order valence-electron chi connectivity index (χ2n) is 13.0. The van der Waals surface area contributed by atoms with E-state index in [1.54, 1.807) is 0 Å². The number of halogens is 1. The Bertz CT molecular complexity index is 2050. The first kappa shape index (κ1) is 33.6. The molecule has 0 radical (unpaired) electrons. The first-order valence-corrected chi connectivity index (χ1v) is 19.4. The molecule has 1 amide bonds. The number of rotatable bonds is 9. The normalized spacial score (nSPS) is 19.6. The van der Waals surface area contributed by atoms with Gasteiger partial charge in [-0.15, -0.1) is 0 Å². The Labute approximate surface area is 317 Å². The van der Waals surface area contributed by atoms with Gasteiger partial charge in [-0.2, -0.15) is 0 Å². The molecular formula is C43H38IN3O3S. The summed E-state index contributed by atoms with van der Waals surface area (Å²) in [4.78, 5) is 21.6. The van der Waals surface area contributed by atoms with Crippen LogP contribution in [-0.4, -0.2) is 30.8 Å². The smallest absolute Gasteiger partial charge is 0.264 e. The number of carbonyl (C=O) groups is 1. The number of amides is 1. The van der Waals surface area contributed by atoms with Crippen LogP contribution in [-0.2, 0) is 11.4 Å². The number of nitrogens with one attached hydrogen (secondary N) is 1. The standard InChI is InChI=1S/C43H38IN3O3S/c1-2-49-38-23-29(22-37(44)41(38)50-27-28-12-6-3-7-13-28)24-39-42(48)46-43(51-39)45-32-25-35-33(30-14-8-4-9-15-30)18-20-47-21-19-34(36(26-32)40(35)47)31-16-10-5-11-17-31/h3-17,22-26,33-34H,2,18-21,27H2,1H3,(H,45,46,48)/b39-24-/t33-,34+. The molecule has 5 aromatic rings. The maximum atomic E-state index is 13.3. The fraction of sp³-hybridized carbons (Fsp3) is 0.209. The van der Waals surface area contributed by atoms with Gasteiger partial charge in [-0.1, -0.05) is 91.0 Å². The van der Waals surface area contributed by atoms with E-state index in [1.807, 2.05) is 55.5 Å². The van der Waals surface area contributed by atoms with Crippen molar-refractivity contribution >= 4 is 62.9 Å². The number of anilines is 1. The molecule has 1 N–H and O–H groups in total. The molecule has 8 rings (SSSR count). The van der Waals surface area contributed by atoms with Gasteiger partial charge in [-0.05, 0) is 118 Å². The summed E-state index contributed by atoms with van der Waals surface area (Å²) in [6.07, 6.45) is 4.02.